The molecule has 9 heteroatoms. The fourth-order valence-electron chi connectivity index (χ4n) is 2.42. The fourth-order valence-corrected chi connectivity index (χ4v) is 3.22. The lowest BCUT2D eigenvalue weighted by Crippen LogP contribution is -2.07. The molecule has 3 aromatic heterocycles. The summed E-state index contributed by atoms with van der Waals surface area (Å²) >= 11 is 1.52. The molecular formula is C17H22N6O2S. The molecule has 0 saturated heterocycles. The Kier molecular flexibility index (Phi) is 6.35. The lowest BCUT2D eigenvalue weighted by Gasteiger charge is -2.08. The third-order valence-electron chi connectivity index (χ3n) is 3.60. The maximum atomic E-state index is 5.33. The highest BCUT2D eigenvalue weighted by atomic mass is 32.2. The summed E-state index contributed by atoms with van der Waals surface area (Å²) in [5, 5.41) is 13.5. The second-order valence-electron chi connectivity index (χ2n) is 6.18. The van der Waals surface area contributed by atoms with Crippen LogP contribution in [0.2, 0.25) is 0 Å². The number of rotatable bonds is 9. The first kappa shape index (κ1) is 18.5. The molecule has 0 aliphatic rings. The highest BCUT2D eigenvalue weighted by molar-refractivity contribution is 7.98. The van der Waals surface area contributed by atoms with Crippen LogP contribution in [-0.2, 0) is 23.5 Å². The SMILES string of the molecule is COCCn1c(SCc2nc(CC(C)C)no2)nnc1-c1ccncc1. The Morgan fingerprint density at radius 2 is 2.04 bits per heavy atom. The van der Waals surface area contributed by atoms with E-state index >= 15 is 0 Å². The van der Waals surface area contributed by atoms with E-state index in [1.807, 2.05) is 16.7 Å². The third-order valence-corrected chi connectivity index (χ3v) is 4.55. The Hall–Kier alpha value is -2.26. The van der Waals surface area contributed by atoms with Crippen LogP contribution in [0.1, 0.15) is 25.6 Å². The highest BCUT2D eigenvalue weighted by Gasteiger charge is 2.16. The largest absolute Gasteiger partial charge is 0.383 e. The second kappa shape index (κ2) is 8.91. The molecule has 0 spiro atoms. The van der Waals surface area contributed by atoms with Crippen molar-refractivity contribution in [1.29, 1.82) is 0 Å². The van der Waals surface area contributed by atoms with Gasteiger partial charge < -0.3 is 9.26 Å². The van der Waals surface area contributed by atoms with Crippen LogP contribution in [-0.4, -0.2) is 43.6 Å². The molecule has 3 aromatic rings. The zero-order chi connectivity index (χ0) is 18.4. The summed E-state index contributed by atoms with van der Waals surface area (Å²) in [5.41, 5.74) is 0.965. The van der Waals surface area contributed by atoms with Crippen molar-refractivity contribution < 1.29 is 9.26 Å². The predicted molar refractivity (Wildman–Crippen MR) is 97.5 cm³/mol. The molecule has 0 fully saturated rings. The fraction of sp³-hybridized carbons (Fsp3) is 0.471. The van der Waals surface area contributed by atoms with Crippen molar-refractivity contribution in [3.8, 4) is 11.4 Å². The molecule has 0 bridgehead atoms. The zero-order valence-corrected chi connectivity index (χ0v) is 15.9. The van der Waals surface area contributed by atoms with Gasteiger partial charge in [0.05, 0.1) is 18.9 Å². The molecule has 8 nitrogen and oxygen atoms in total. The van der Waals surface area contributed by atoms with Crippen LogP contribution in [0.5, 0.6) is 0 Å². The Labute approximate surface area is 156 Å². The van der Waals surface area contributed by atoms with Crippen molar-refractivity contribution in [3.05, 3.63) is 36.2 Å². The van der Waals surface area contributed by atoms with Gasteiger partial charge in [-0.15, -0.1) is 10.2 Å². The van der Waals surface area contributed by atoms with Gasteiger partial charge in [-0.05, 0) is 18.1 Å². The average Bonchev–Trinajstić information content (AvgIpc) is 3.25. The van der Waals surface area contributed by atoms with Crippen molar-refractivity contribution in [1.82, 2.24) is 29.9 Å². The molecule has 3 heterocycles. The minimum atomic E-state index is 0.494. The quantitative estimate of drug-likeness (QED) is 0.528. The smallest absolute Gasteiger partial charge is 0.237 e. The summed E-state index contributed by atoms with van der Waals surface area (Å²) in [5.74, 6) is 3.17. The molecule has 3 rings (SSSR count). The molecule has 0 aliphatic heterocycles. The van der Waals surface area contributed by atoms with Gasteiger partial charge in [0.1, 0.15) is 0 Å². The minimum absolute atomic E-state index is 0.494. The molecular weight excluding hydrogens is 352 g/mol. The second-order valence-corrected chi connectivity index (χ2v) is 7.12. The normalized spacial score (nSPS) is 11.4. The van der Waals surface area contributed by atoms with Crippen LogP contribution < -0.4 is 0 Å². The Balaban J connectivity index is 1.74. The predicted octanol–water partition coefficient (Wildman–Crippen LogP) is 2.86. The number of nitrogens with zero attached hydrogens (tertiary/aromatic N) is 6. The molecule has 0 aromatic carbocycles. The maximum Gasteiger partial charge on any atom is 0.237 e. The number of hydrogen-bond donors (Lipinski definition) is 0. The molecule has 0 aliphatic carbocycles. The van der Waals surface area contributed by atoms with Crippen LogP contribution in [0.3, 0.4) is 0 Å². The van der Waals surface area contributed by atoms with E-state index in [2.05, 4.69) is 39.2 Å². The van der Waals surface area contributed by atoms with Gasteiger partial charge in [-0.1, -0.05) is 30.8 Å². The lowest BCUT2D eigenvalue weighted by molar-refractivity contribution is 0.185. The van der Waals surface area contributed by atoms with Crippen molar-refractivity contribution >= 4 is 11.8 Å². The van der Waals surface area contributed by atoms with Gasteiger partial charge in [0, 0.05) is 31.5 Å². The molecule has 0 unspecified atom stereocenters. The van der Waals surface area contributed by atoms with Gasteiger partial charge in [-0.25, -0.2) is 0 Å². The number of ether oxygens (including phenoxy) is 1. The number of thioether (sulfide) groups is 1. The first-order chi connectivity index (χ1) is 12.7. The van der Waals surface area contributed by atoms with E-state index in [1.165, 1.54) is 11.8 Å². The Bertz CT molecular complexity index is 818. The van der Waals surface area contributed by atoms with E-state index in [1.54, 1.807) is 19.5 Å². The van der Waals surface area contributed by atoms with Crippen molar-refractivity contribution in [3.63, 3.8) is 0 Å². The maximum absolute atomic E-state index is 5.33. The monoisotopic (exact) mass is 374 g/mol. The molecule has 0 saturated carbocycles. The summed E-state index contributed by atoms with van der Waals surface area (Å²) in [6.45, 7) is 5.49. The van der Waals surface area contributed by atoms with Gasteiger partial charge in [-0.3, -0.25) is 9.55 Å². The summed E-state index contributed by atoms with van der Waals surface area (Å²) in [6.07, 6.45) is 4.29. The van der Waals surface area contributed by atoms with Crippen molar-refractivity contribution in [2.75, 3.05) is 13.7 Å². The van der Waals surface area contributed by atoms with Gasteiger partial charge >= 0.3 is 0 Å². The van der Waals surface area contributed by atoms with Crippen LogP contribution in [0.25, 0.3) is 11.4 Å². The van der Waals surface area contributed by atoms with Crippen LogP contribution in [0.15, 0.2) is 34.2 Å². The Morgan fingerprint density at radius 3 is 2.77 bits per heavy atom. The summed E-state index contributed by atoms with van der Waals surface area (Å²) in [6, 6.07) is 3.83. The standard InChI is InChI=1S/C17H22N6O2S/c1-12(2)10-14-19-15(25-22-14)11-26-17-21-20-16(23(17)8-9-24-3)13-4-6-18-7-5-13/h4-7,12H,8-11H2,1-3H3. The number of pyridine rings is 1. The van der Waals surface area contributed by atoms with Gasteiger partial charge in [-0.2, -0.15) is 4.98 Å². The molecule has 138 valence electrons. The minimum Gasteiger partial charge on any atom is -0.383 e. The number of aromatic nitrogens is 6. The number of hydrogen-bond acceptors (Lipinski definition) is 8. The van der Waals surface area contributed by atoms with Gasteiger partial charge in [0.2, 0.25) is 5.89 Å². The first-order valence-corrected chi connectivity index (χ1v) is 9.42. The van der Waals surface area contributed by atoms with Crippen molar-refractivity contribution in [2.45, 2.75) is 37.7 Å². The van der Waals surface area contributed by atoms with Gasteiger partial charge in [0.25, 0.3) is 0 Å². The van der Waals surface area contributed by atoms with Crippen molar-refractivity contribution in [2.24, 2.45) is 5.92 Å². The van der Waals surface area contributed by atoms with Crippen LogP contribution in [0, 0.1) is 5.92 Å². The summed E-state index contributed by atoms with van der Waals surface area (Å²) in [7, 11) is 1.68. The Morgan fingerprint density at radius 1 is 1.23 bits per heavy atom. The first-order valence-electron chi connectivity index (χ1n) is 8.44. The number of methoxy groups -OCH3 is 1. The molecule has 0 atom stereocenters. The lowest BCUT2D eigenvalue weighted by atomic mass is 10.1. The topological polar surface area (TPSA) is 91.8 Å². The van der Waals surface area contributed by atoms with E-state index in [-0.39, 0.29) is 0 Å². The molecule has 0 amide bonds. The van der Waals surface area contributed by atoms with Gasteiger partial charge in [0.15, 0.2) is 16.8 Å². The van der Waals surface area contributed by atoms with E-state index < -0.39 is 0 Å². The summed E-state index contributed by atoms with van der Waals surface area (Å²) in [4.78, 5) is 8.49. The summed E-state index contributed by atoms with van der Waals surface area (Å²) < 4.78 is 12.6. The van der Waals surface area contributed by atoms with E-state index in [9.17, 15) is 0 Å². The average molecular weight is 374 g/mol. The van der Waals surface area contributed by atoms with Crippen LogP contribution in [0.4, 0.5) is 0 Å². The van der Waals surface area contributed by atoms with Crippen LogP contribution >= 0.6 is 11.8 Å². The van der Waals surface area contributed by atoms with E-state index in [4.69, 9.17) is 9.26 Å². The zero-order valence-electron chi connectivity index (χ0n) is 15.1. The van der Waals surface area contributed by atoms with E-state index in [0.717, 1.165) is 28.8 Å². The molecule has 0 radical (unpaired) electrons. The molecule has 26 heavy (non-hydrogen) atoms. The third kappa shape index (κ3) is 4.67. The molecule has 0 N–H and O–H groups in total. The van der Waals surface area contributed by atoms with E-state index in [0.29, 0.717) is 30.7 Å². The highest BCUT2D eigenvalue weighted by Crippen LogP contribution is 2.25.